The maximum Gasteiger partial charge on any atom is 0.261 e. The molecule has 1 aliphatic heterocycles. The molecule has 1 heterocycles. The van der Waals surface area contributed by atoms with E-state index in [4.69, 9.17) is 14.2 Å². The molecule has 1 aliphatic rings. The Hall–Kier alpha value is -4.85. The van der Waals surface area contributed by atoms with Crippen LogP contribution in [0.25, 0.3) is 10.8 Å². The third-order valence-electron chi connectivity index (χ3n) is 6.63. The fraction of sp³-hybridized carbons (Fsp3) is 0.167. The van der Waals surface area contributed by atoms with Crippen LogP contribution in [0.4, 0.5) is 5.69 Å². The number of carbonyl (C=O) groups excluding carboxylic acids is 3. The minimum absolute atomic E-state index is 0.00739. The zero-order valence-electron chi connectivity index (χ0n) is 21.3. The van der Waals surface area contributed by atoms with E-state index in [1.54, 1.807) is 48.5 Å². The smallest absolute Gasteiger partial charge is 0.261 e. The highest BCUT2D eigenvalue weighted by Crippen LogP contribution is 2.39. The van der Waals surface area contributed by atoms with Gasteiger partial charge in [0.1, 0.15) is 0 Å². The molecule has 0 spiro atoms. The molecule has 0 aliphatic carbocycles. The van der Waals surface area contributed by atoms with E-state index < -0.39 is 0 Å². The Bertz CT molecular complexity index is 1470. The van der Waals surface area contributed by atoms with Crippen LogP contribution in [0.2, 0.25) is 0 Å². The summed E-state index contributed by atoms with van der Waals surface area (Å²) in [5.74, 6) is -0.0614. The molecule has 4 aromatic carbocycles. The van der Waals surface area contributed by atoms with Gasteiger partial charge in [0.05, 0.1) is 21.3 Å². The molecular weight excluding hydrogens is 484 g/mol. The lowest BCUT2D eigenvalue weighted by molar-refractivity contribution is 0.0611. The molecule has 0 fully saturated rings. The summed E-state index contributed by atoms with van der Waals surface area (Å²) >= 11 is 0. The molecule has 38 heavy (non-hydrogen) atoms. The van der Waals surface area contributed by atoms with Crippen LogP contribution in [0.15, 0.2) is 78.9 Å². The zero-order valence-corrected chi connectivity index (χ0v) is 21.3. The number of imide groups is 1. The van der Waals surface area contributed by atoms with Gasteiger partial charge in [-0.15, -0.1) is 0 Å². The lowest BCUT2D eigenvalue weighted by Crippen LogP contribution is -2.46. The van der Waals surface area contributed by atoms with Crippen LogP contribution in [0.1, 0.15) is 31.1 Å². The largest absolute Gasteiger partial charge is 0.493 e. The summed E-state index contributed by atoms with van der Waals surface area (Å²) in [6.07, 6.45) is 0. The molecular formula is C30H26N2O6. The van der Waals surface area contributed by atoms with Crippen LogP contribution in [0.3, 0.4) is 0 Å². The molecule has 0 unspecified atom stereocenters. The number of hydrogen-bond acceptors (Lipinski definition) is 6. The second kappa shape index (κ2) is 10.3. The molecule has 5 rings (SSSR count). The number of methoxy groups -OCH3 is 3. The summed E-state index contributed by atoms with van der Waals surface area (Å²) in [5.41, 5.74) is 1.86. The van der Waals surface area contributed by atoms with Crippen molar-refractivity contribution in [2.45, 2.75) is 0 Å². The SMILES string of the molecule is COc1cc(C(=O)N(CCN2C(=O)c3cccc4cccc(c34)C2=O)c2ccccc2)cc(OC)c1OC. The minimum Gasteiger partial charge on any atom is -0.493 e. The van der Waals surface area contributed by atoms with Gasteiger partial charge in [0.25, 0.3) is 17.7 Å². The Balaban J connectivity index is 1.49. The number of para-hydroxylation sites is 1. The Morgan fingerprint density at radius 3 is 1.87 bits per heavy atom. The van der Waals surface area contributed by atoms with Crippen molar-refractivity contribution < 1.29 is 28.6 Å². The second-order valence-electron chi connectivity index (χ2n) is 8.68. The van der Waals surface area contributed by atoms with E-state index in [0.29, 0.717) is 45.0 Å². The standard InChI is InChI=1S/C30H26N2O6/c1-36-24-17-20(18-25(37-2)27(24)38-3)28(33)31(21-11-5-4-6-12-21)15-16-32-29(34)22-13-7-9-19-10-8-14-23(26(19)22)30(32)35/h4-14,17-18H,15-16H2,1-3H3. The Labute approximate surface area is 219 Å². The summed E-state index contributed by atoms with van der Waals surface area (Å²) in [4.78, 5) is 43.4. The van der Waals surface area contributed by atoms with Crippen molar-refractivity contribution in [2.75, 3.05) is 39.3 Å². The van der Waals surface area contributed by atoms with Crippen LogP contribution in [0.5, 0.6) is 17.2 Å². The first-order valence-corrected chi connectivity index (χ1v) is 12.0. The third-order valence-corrected chi connectivity index (χ3v) is 6.63. The Morgan fingerprint density at radius 1 is 0.763 bits per heavy atom. The predicted molar refractivity (Wildman–Crippen MR) is 144 cm³/mol. The quantitative estimate of drug-likeness (QED) is 0.316. The van der Waals surface area contributed by atoms with E-state index in [2.05, 4.69) is 0 Å². The average Bonchev–Trinajstić information content (AvgIpc) is 2.96. The Kier molecular flexibility index (Phi) is 6.70. The van der Waals surface area contributed by atoms with E-state index >= 15 is 0 Å². The highest BCUT2D eigenvalue weighted by molar-refractivity contribution is 6.25. The van der Waals surface area contributed by atoms with E-state index in [0.717, 1.165) is 5.39 Å². The normalized spacial score (nSPS) is 12.4. The van der Waals surface area contributed by atoms with Crippen LogP contribution >= 0.6 is 0 Å². The van der Waals surface area contributed by atoms with Gasteiger partial charge in [-0.1, -0.05) is 42.5 Å². The van der Waals surface area contributed by atoms with E-state index in [9.17, 15) is 14.4 Å². The first kappa shape index (κ1) is 24.8. The summed E-state index contributed by atoms with van der Waals surface area (Å²) < 4.78 is 16.2. The number of hydrogen-bond donors (Lipinski definition) is 0. The van der Waals surface area contributed by atoms with Crippen molar-refractivity contribution in [3.05, 3.63) is 95.6 Å². The number of nitrogens with zero attached hydrogens (tertiary/aromatic N) is 2. The van der Waals surface area contributed by atoms with Crippen LogP contribution in [-0.2, 0) is 0 Å². The molecule has 3 amide bonds. The number of benzene rings is 4. The molecule has 0 aromatic heterocycles. The Morgan fingerprint density at radius 2 is 1.34 bits per heavy atom. The molecule has 0 bridgehead atoms. The van der Waals surface area contributed by atoms with Crippen molar-refractivity contribution >= 4 is 34.2 Å². The number of ether oxygens (including phenoxy) is 3. The van der Waals surface area contributed by atoms with Crippen molar-refractivity contribution in [1.82, 2.24) is 4.90 Å². The number of rotatable bonds is 8. The first-order valence-electron chi connectivity index (χ1n) is 12.0. The van der Waals surface area contributed by atoms with Crippen molar-refractivity contribution in [3.63, 3.8) is 0 Å². The average molecular weight is 511 g/mol. The lowest BCUT2D eigenvalue weighted by atomic mass is 9.94. The van der Waals surface area contributed by atoms with Crippen LogP contribution in [0, 0.1) is 0 Å². The maximum atomic E-state index is 13.9. The molecule has 0 saturated heterocycles. The predicted octanol–water partition coefficient (Wildman–Crippen LogP) is 4.81. The van der Waals surface area contributed by atoms with Gasteiger partial charge >= 0.3 is 0 Å². The van der Waals surface area contributed by atoms with Crippen LogP contribution < -0.4 is 19.1 Å². The minimum atomic E-state index is -0.382. The summed E-state index contributed by atoms with van der Waals surface area (Å²) in [6, 6.07) is 23.1. The van der Waals surface area contributed by atoms with Gasteiger partial charge in [0, 0.05) is 40.9 Å². The van der Waals surface area contributed by atoms with Gasteiger partial charge in [0.2, 0.25) is 5.75 Å². The van der Waals surface area contributed by atoms with Crippen molar-refractivity contribution in [2.24, 2.45) is 0 Å². The first-order chi connectivity index (χ1) is 18.5. The van der Waals surface area contributed by atoms with Gasteiger partial charge in [-0.05, 0) is 41.8 Å². The zero-order chi connectivity index (χ0) is 26.8. The van der Waals surface area contributed by atoms with Gasteiger partial charge in [-0.2, -0.15) is 0 Å². The highest BCUT2D eigenvalue weighted by atomic mass is 16.5. The highest BCUT2D eigenvalue weighted by Gasteiger charge is 2.33. The van der Waals surface area contributed by atoms with Gasteiger partial charge in [-0.25, -0.2) is 0 Å². The summed E-state index contributed by atoms with van der Waals surface area (Å²) in [6.45, 7) is 0.0859. The molecule has 0 atom stereocenters. The van der Waals surface area contributed by atoms with Gasteiger partial charge in [-0.3, -0.25) is 19.3 Å². The summed E-state index contributed by atoms with van der Waals surface area (Å²) in [5, 5.41) is 1.50. The fourth-order valence-corrected chi connectivity index (χ4v) is 4.80. The van der Waals surface area contributed by atoms with Crippen molar-refractivity contribution in [3.8, 4) is 17.2 Å². The maximum absolute atomic E-state index is 13.9. The third kappa shape index (κ3) is 4.20. The molecule has 4 aromatic rings. The molecule has 0 saturated carbocycles. The lowest BCUT2D eigenvalue weighted by Gasteiger charge is -2.30. The molecule has 0 radical (unpaired) electrons. The fourth-order valence-electron chi connectivity index (χ4n) is 4.80. The number of anilines is 1. The number of carbonyl (C=O) groups is 3. The van der Waals surface area contributed by atoms with Crippen molar-refractivity contribution in [1.29, 1.82) is 0 Å². The molecule has 0 N–H and O–H groups in total. The topological polar surface area (TPSA) is 85.4 Å². The monoisotopic (exact) mass is 510 g/mol. The van der Waals surface area contributed by atoms with E-state index in [1.165, 1.54) is 31.1 Å². The molecule has 8 nitrogen and oxygen atoms in total. The van der Waals surface area contributed by atoms with Crippen LogP contribution in [-0.4, -0.2) is 57.0 Å². The van der Waals surface area contributed by atoms with E-state index in [-0.39, 0.29) is 30.8 Å². The molecule has 8 heteroatoms. The van der Waals surface area contributed by atoms with Gasteiger partial charge < -0.3 is 19.1 Å². The van der Waals surface area contributed by atoms with Gasteiger partial charge in [0.15, 0.2) is 11.5 Å². The van der Waals surface area contributed by atoms with E-state index in [1.807, 2.05) is 30.3 Å². The number of amides is 3. The second-order valence-corrected chi connectivity index (χ2v) is 8.68. The summed E-state index contributed by atoms with van der Waals surface area (Å²) in [7, 11) is 4.45. The molecule has 192 valence electrons.